The highest BCUT2D eigenvalue weighted by atomic mass is 16.5. The minimum absolute atomic E-state index is 0.0118. The molecule has 0 aromatic rings. The lowest BCUT2D eigenvalue weighted by Crippen LogP contribution is -2.30. The molecule has 4 heteroatoms. The Bertz CT molecular complexity index is 147. The molecule has 0 heterocycles. The maximum Gasteiger partial charge on any atom is 0.330 e. The summed E-state index contributed by atoms with van der Waals surface area (Å²) in [6, 6.07) is 0. The van der Waals surface area contributed by atoms with Crippen molar-refractivity contribution in [3.8, 4) is 0 Å². The Labute approximate surface area is 72.2 Å². The molecule has 0 amide bonds. The second kappa shape index (κ2) is 6.82. The average molecular weight is 173 g/mol. The van der Waals surface area contributed by atoms with Crippen LogP contribution in [-0.4, -0.2) is 36.9 Å². The van der Waals surface area contributed by atoms with Gasteiger partial charge in [0.2, 0.25) is 0 Å². The second-order valence-electron chi connectivity index (χ2n) is 2.30. The molecule has 0 saturated carbocycles. The van der Waals surface area contributed by atoms with Gasteiger partial charge in [0.25, 0.3) is 0 Å². The smallest absolute Gasteiger partial charge is 0.330 e. The van der Waals surface area contributed by atoms with E-state index >= 15 is 0 Å². The highest BCUT2D eigenvalue weighted by Gasteiger charge is 2.04. The molecule has 0 aromatic carbocycles. The van der Waals surface area contributed by atoms with Crippen LogP contribution in [0.4, 0.5) is 0 Å². The van der Waals surface area contributed by atoms with E-state index in [0.29, 0.717) is 6.54 Å². The SMILES string of the molecule is C=CC(=O)OCC(O)CNCC. The van der Waals surface area contributed by atoms with Gasteiger partial charge in [-0.2, -0.15) is 0 Å². The first-order chi connectivity index (χ1) is 5.70. The predicted molar refractivity (Wildman–Crippen MR) is 45.7 cm³/mol. The van der Waals surface area contributed by atoms with E-state index < -0.39 is 12.1 Å². The van der Waals surface area contributed by atoms with Crippen molar-refractivity contribution < 1.29 is 14.6 Å². The van der Waals surface area contributed by atoms with E-state index in [2.05, 4.69) is 16.6 Å². The van der Waals surface area contributed by atoms with Gasteiger partial charge < -0.3 is 15.2 Å². The molecule has 12 heavy (non-hydrogen) atoms. The Morgan fingerprint density at radius 1 is 1.83 bits per heavy atom. The average Bonchev–Trinajstić information content (AvgIpc) is 2.10. The number of likely N-dealkylation sites (N-methyl/N-ethyl adjacent to an activating group) is 1. The quantitative estimate of drug-likeness (QED) is 0.427. The lowest BCUT2D eigenvalue weighted by Gasteiger charge is -2.09. The third-order valence-electron chi connectivity index (χ3n) is 1.21. The molecular weight excluding hydrogens is 158 g/mol. The first-order valence-corrected chi connectivity index (χ1v) is 3.88. The number of ether oxygens (including phenoxy) is 1. The van der Waals surface area contributed by atoms with Crippen LogP contribution >= 0.6 is 0 Å². The van der Waals surface area contributed by atoms with Crippen LogP contribution in [0.5, 0.6) is 0 Å². The number of esters is 1. The first-order valence-electron chi connectivity index (χ1n) is 3.88. The van der Waals surface area contributed by atoms with Crippen molar-refractivity contribution in [2.75, 3.05) is 19.7 Å². The van der Waals surface area contributed by atoms with Crippen LogP contribution in [0.25, 0.3) is 0 Å². The van der Waals surface area contributed by atoms with E-state index in [1.807, 2.05) is 6.92 Å². The summed E-state index contributed by atoms with van der Waals surface area (Å²) in [5.41, 5.74) is 0. The summed E-state index contributed by atoms with van der Waals surface area (Å²) in [4.78, 5) is 10.5. The number of nitrogens with one attached hydrogen (secondary N) is 1. The Hall–Kier alpha value is -0.870. The largest absolute Gasteiger partial charge is 0.460 e. The summed E-state index contributed by atoms with van der Waals surface area (Å²) in [5, 5.41) is 12.1. The topological polar surface area (TPSA) is 58.6 Å². The van der Waals surface area contributed by atoms with E-state index in [4.69, 9.17) is 5.11 Å². The molecule has 0 rings (SSSR count). The third-order valence-corrected chi connectivity index (χ3v) is 1.21. The van der Waals surface area contributed by atoms with Gasteiger partial charge in [-0.25, -0.2) is 4.79 Å². The molecule has 0 bridgehead atoms. The molecule has 0 aromatic heterocycles. The van der Waals surface area contributed by atoms with E-state index in [1.165, 1.54) is 0 Å². The van der Waals surface area contributed by atoms with Gasteiger partial charge in [-0.05, 0) is 6.54 Å². The van der Waals surface area contributed by atoms with Crippen molar-refractivity contribution in [3.05, 3.63) is 12.7 Å². The summed E-state index contributed by atoms with van der Waals surface area (Å²) < 4.78 is 4.60. The van der Waals surface area contributed by atoms with Gasteiger partial charge >= 0.3 is 5.97 Å². The minimum Gasteiger partial charge on any atom is -0.460 e. The molecule has 2 N–H and O–H groups in total. The lowest BCUT2D eigenvalue weighted by atomic mass is 10.4. The van der Waals surface area contributed by atoms with Crippen LogP contribution < -0.4 is 5.32 Å². The van der Waals surface area contributed by atoms with Crippen LogP contribution in [0.15, 0.2) is 12.7 Å². The lowest BCUT2D eigenvalue weighted by molar-refractivity contribution is -0.140. The molecule has 0 fully saturated rings. The van der Waals surface area contributed by atoms with Crippen molar-refractivity contribution >= 4 is 5.97 Å². The van der Waals surface area contributed by atoms with E-state index in [1.54, 1.807) is 0 Å². The van der Waals surface area contributed by atoms with Crippen molar-refractivity contribution in [1.29, 1.82) is 0 Å². The molecule has 4 nitrogen and oxygen atoms in total. The van der Waals surface area contributed by atoms with Crippen molar-refractivity contribution in [2.24, 2.45) is 0 Å². The van der Waals surface area contributed by atoms with E-state index in [9.17, 15) is 4.79 Å². The molecule has 1 unspecified atom stereocenters. The van der Waals surface area contributed by atoms with Gasteiger partial charge in [-0.15, -0.1) is 0 Å². The highest BCUT2D eigenvalue weighted by molar-refractivity contribution is 5.81. The molecule has 0 radical (unpaired) electrons. The maximum atomic E-state index is 10.5. The maximum absolute atomic E-state index is 10.5. The molecule has 0 aliphatic rings. The Morgan fingerprint density at radius 2 is 2.50 bits per heavy atom. The molecule has 1 atom stereocenters. The van der Waals surface area contributed by atoms with Gasteiger partial charge in [0.15, 0.2) is 0 Å². The Kier molecular flexibility index (Phi) is 6.32. The molecule has 70 valence electrons. The van der Waals surface area contributed by atoms with Crippen LogP contribution in [0.1, 0.15) is 6.92 Å². The molecule has 0 aliphatic heterocycles. The number of aliphatic hydroxyl groups excluding tert-OH is 1. The third kappa shape index (κ3) is 5.88. The fourth-order valence-electron chi connectivity index (χ4n) is 0.607. The Balaban J connectivity index is 3.36. The predicted octanol–water partition coefficient (Wildman–Crippen LogP) is -0.314. The number of hydrogen-bond donors (Lipinski definition) is 2. The van der Waals surface area contributed by atoms with Crippen LogP contribution in [0.3, 0.4) is 0 Å². The molecule has 0 spiro atoms. The zero-order valence-electron chi connectivity index (χ0n) is 7.25. The zero-order chi connectivity index (χ0) is 9.40. The van der Waals surface area contributed by atoms with Crippen molar-refractivity contribution in [2.45, 2.75) is 13.0 Å². The van der Waals surface area contributed by atoms with Gasteiger partial charge in [-0.3, -0.25) is 0 Å². The van der Waals surface area contributed by atoms with Crippen LogP contribution in [0, 0.1) is 0 Å². The highest BCUT2D eigenvalue weighted by Crippen LogP contribution is 1.85. The fraction of sp³-hybridized carbons (Fsp3) is 0.625. The van der Waals surface area contributed by atoms with Gasteiger partial charge in [0.1, 0.15) is 12.7 Å². The summed E-state index contributed by atoms with van der Waals surface area (Å²) in [6.45, 7) is 6.39. The summed E-state index contributed by atoms with van der Waals surface area (Å²) in [5.74, 6) is -0.509. The van der Waals surface area contributed by atoms with Gasteiger partial charge in [0.05, 0.1) is 0 Å². The van der Waals surface area contributed by atoms with Gasteiger partial charge in [-0.1, -0.05) is 13.5 Å². The summed E-state index contributed by atoms with van der Waals surface area (Å²) in [7, 11) is 0. The van der Waals surface area contributed by atoms with Crippen molar-refractivity contribution in [3.63, 3.8) is 0 Å². The van der Waals surface area contributed by atoms with E-state index in [0.717, 1.165) is 12.6 Å². The number of carbonyl (C=O) groups excluding carboxylic acids is 1. The number of rotatable bonds is 6. The Morgan fingerprint density at radius 3 is 3.00 bits per heavy atom. The summed E-state index contributed by atoms with van der Waals surface area (Å²) >= 11 is 0. The molecule has 0 aliphatic carbocycles. The van der Waals surface area contributed by atoms with E-state index in [-0.39, 0.29) is 6.61 Å². The second-order valence-corrected chi connectivity index (χ2v) is 2.30. The number of aliphatic hydroxyl groups is 1. The summed E-state index contributed by atoms with van der Waals surface area (Å²) in [6.07, 6.45) is 0.425. The zero-order valence-corrected chi connectivity index (χ0v) is 7.25. The molecular formula is C8H15NO3. The first kappa shape index (κ1) is 11.1. The fourth-order valence-corrected chi connectivity index (χ4v) is 0.607. The normalized spacial score (nSPS) is 12.2. The monoisotopic (exact) mass is 173 g/mol. The number of carbonyl (C=O) groups is 1. The number of hydrogen-bond acceptors (Lipinski definition) is 4. The van der Waals surface area contributed by atoms with Gasteiger partial charge in [0, 0.05) is 12.6 Å². The minimum atomic E-state index is -0.645. The standard InChI is InChI=1S/C8H15NO3/c1-3-8(11)12-6-7(10)5-9-4-2/h3,7,9-10H,1,4-6H2,2H3. The molecule has 0 saturated heterocycles. The van der Waals surface area contributed by atoms with Crippen LogP contribution in [-0.2, 0) is 9.53 Å². The van der Waals surface area contributed by atoms with Crippen LogP contribution in [0.2, 0.25) is 0 Å². The van der Waals surface area contributed by atoms with Crippen molar-refractivity contribution in [1.82, 2.24) is 5.32 Å².